The van der Waals surface area contributed by atoms with Crippen LogP contribution in [0, 0.1) is 6.07 Å². The van der Waals surface area contributed by atoms with Crippen molar-refractivity contribution in [2.45, 2.75) is 6.54 Å². The average molecular weight is 175 g/mol. The van der Waals surface area contributed by atoms with Gasteiger partial charge in [0.05, 0.1) is 10.0 Å². The van der Waals surface area contributed by atoms with Crippen molar-refractivity contribution in [3.8, 4) is 0 Å². The van der Waals surface area contributed by atoms with Crippen LogP contribution in [0.5, 0.6) is 0 Å². The second-order valence-corrected chi connectivity index (χ2v) is 2.63. The van der Waals surface area contributed by atoms with Crippen LogP contribution >= 0.6 is 23.2 Å². The van der Waals surface area contributed by atoms with Gasteiger partial charge in [-0.15, -0.1) is 0 Å². The summed E-state index contributed by atoms with van der Waals surface area (Å²) in [6.07, 6.45) is 0. The highest BCUT2D eigenvalue weighted by molar-refractivity contribution is 6.34. The number of nitrogens with two attached hydrogens (primary N) is 1. The monoisotopic (exact) mass is 174 g/mol. The van der Waals surface area contributed by atoms with Gasteiger partial charge in [0, 0.05) is 12.6 Å². The van der Waals surface area contributed by atoms with Crippen molar-refractivity contribution in [1.29, 1.82) is 0 Å². The maximum absolute atomic E-state index is 5.71. The van der Waals surface area contributed by atoms with E-state index in [0.717, 1.165) is 5.56 Å². The van der Waals surface area contributed by atoms with Crippen LogP contribution in [-0.4, -0.2) is 0 Å². The molecule has 0 saturated heterocycles. The lowest BCUT2D eigenvalue weighted by Gasteiger charge is -1.98. The molecule has 2 N–H and O–H groups in total. The van der Waals surface area contributed by atoms with E-state index in [1.807, 2.05) is 0 Å². The summed E-state index contributed by atoms with van der Waals surface area (Å²) < 4.78 is 0. The van der Waals surface area contributed by atoms with Crippen molar-refractivity contribution in [3.05, 3.63) is 33.8 Å². The Morgan fingerprint density at radius 1 is 1.40 bits per heavy atom. The van der Waals surface area contributed by atoms with Gasteiger partial charge in [-0.3, -0.25) is 0 Å². The highest BCUT2D eigenvalue weighted by Gasteiger charge is 1.97. The van der Waals surface area contributed by atoms with Crippen molar-refractivity contribution in [1.82, 2.24) is 0 Å². The summed E-state index contributed by atoms with van der Waals surface area (Å²) in [7, 11) is 0. The summed E-state index contributed by atoms with van der Waals surface area (Å²) in [5.41, 5.74) is 6.22. The molecule has 1 rings (SSSR count). The summed E-state index contributed by atoms with van der Waals surface area (Å²) in [5, 5.41) is 1.03. The third kappa shape index (κ3) is 1.63. The molecule has 1 radical (unpaired) electrons. The Kier molecular flexibility index (Phi) is 2.55. The topological polar surface area (TPSA) is 26.0 Å². The van der Waals surface area contributed by atoms with Crippen molar-refractivity contribution < 1.29 is 0 Å². The Labute approximate surface area is 69.7 Å². The minimum atomic E-state index is 0.423. The lowest BCUT2D eigenvalue weighted by atomic mass is 10.2. The van der Waals surface area contributed by atoms with Crippen LogP contribution < -0.4 is 5.73 Å². The van der Waals surface area contributed by atoms with Crippen molar-refractivity contribution in [3.63, 3.8) is 0 Å². The number of hydrogen-bond acceptors (Lipinski definition) is 1. The summed E-state index contributed by atoms with van der Waals surface area (Å²) in [6.45, 7) is 0.423. The molecule has 0 unspecified atom stereocenters. The third-order valence-corrected chi connectivity index (χ3v) is 1.72. The van der Waals surface area contributed by atoms with Crippen molar-refractivity contribution in [2.75, 3.05) is 0 Å². The van der Waals surface area contributed by atoms with Crippen LogP contribution in [0.15, 0.2) is 12.1 Å². The Morgan fingerprint density at radius 2 is 2.10 bits per heavy atom. The Morgan fingerprint density at radius 3 is 2.60 bits per heavy atom. The smallest absolute Gasteiger partial charge is 0.0545 e. The normalized spacial score (nSPS) is 9.90. The summed E-state index contributed by atoms with van der Waals surface area (Å²) in [4.78, 5) is 0. The first-order valence-corrected chi connectivity index (χ1v) is 3.56. The van der Waals surface area contributed by atoms with Gasteiger partial charge in [0.25, 0.3) is 0 Å². The van der Waals surface area contributed by atoms with Crippen LogP contribution in [0.4, 0.5) is 0 Å². The molecule has 0 aliphatic heterocycles. The van der Waals surface area contributed by atoms with Gasteiger partial charge < -0.3 is 5.73 Å². The van der Waals surface area contributed by atoms with Crippen molar-refractivity contribution in [2.24, 2.45) is 5.73 Å². The minimum absolute atomic E-state index is 0.423. The van der Waals surface area contributed by atoms with E-state index in [1.54, 1.807) is 12.1 Å². The molecule has 0 amide bonds. The Hall–Kier alpha value is -0.240. The van der Waals surface area contributed by atoms with Crippen LogP contribution in [0.1, 0.15) is 5.56 Å². The first-order valence-electron chi connectivity index (χ1n) is 2.80. The van der Waals surface area contributed by atoms with Crippen molar-refractivity contribution >= 4 is 23.2 Å². The van der Waals surface area contributed by atoms with Gasteiger partial charge in [0.1, 0.15) is 0 Å². The van der Waals surface area contributed by atoms with Gasteiger partial charge in [-0.25, -0.2) is 0 Å². The first-order chi connectivity index (χ1) is 4.74. The zero-order chi connectivity index (χ0) is 7.56. The molecule has 0 saturated carbocycles. The quantitative estimate of drug-likeness (QED) is 0.695. The van der Waals surface area contributed by atoms with Gasteiger partial charge in [-0.05, 0) is 11.6 Å². The van der Waals surface area contributed by atoms with Gasteiger partial charge >= 0.3 is 0 Å². The zero-order valence-electron chi connectivity index (χ0n) is 5.20. The minimum Gasteiger partial charge on any atom is -0.326 e. The van der Waals surface area contributed by atoms with E-state index >= 15 is 0 Å². The van der Waals surface area contributed by atoms with Crippen LogP contribution in [-0.2, 0) is 6.54 Å². The number of rotatable bonds is 1. The molecule has 0 aromatic heterocycles. The lowest BCUT2D eigenvalue weighted by Crippen LogP contribution is -1.96. The predicted octanol–water partition coefficient (Wildman–Crippen LogP) is 2.25. The number of benzene rings is 1. The third-order valence-electron chi connectivity index (χ3n) is 1.16. The average Bonchev–Trinajstić information content (AvgIpc) is 1.88. The van der Waals surface area contributed by atoms with E-state index in [0.29, 0.717) is 16.6 Å². The van der Waals surface area contributed by atoms with E-state index in [1.165, 1.54) is 0 Å². The molecule has 0 aliphatic rings. The van der Waals surface area contributed by atoms with E-state index in [-0.39, 0.29) is 0 Å². The summed E-state index contributed by atoms with van der Waals surface area (Å²) in [5.74, 6) is 0. The molecule has 0 bridgehead atoms. The number of hydrogen-bond donors (Lipinski definition) is 1. The fourth-order valence-electron chi connectivity index (χ4n) is 0.631. The molecular formula is C7H6Cl2N. The molecule has 53 valence electrons. The molecule has 1 aromatic rings. The highest BCUT2D eigenvalue weighted by Crippen LogP contribution is 2.19. The predicted molar refractivity (Wildman–Crippen MR) is 43.2 cm³/mol. The zero-order valence-corrected chi connectivity index (χ0v) is 6.71. The molecular weight excluding hydrogens is 169 g/mol. The van der Waals surface area contributed by atoms with E-state index in [4.69, 9.17) is 28.9 Å². The molecule has 0 fully saturated rings. The molecule has 0 atom stereocenters. The standard InChI is InChI=1S/C7H6Cl2N/c8-6-2-1-5(4-10)7(9)3-6/h1-2H,4,10H2. The van der Waals surface area contributed by atoms with Gasteiger partial charge in [-0.1, -0.05) is 29.3 Å². The van der Waals surface area contributed by atoms with Crippen LogP contribution in [0.25, 0.3) is 0 Å². The molecule has 0 heterocycles. The van der Waals surface area contributed by atoms with E-state index < -0.39 is 0 Å². The highest BCUT2D eigenvalue weighted by atomic mass is 35.5. The second-order valence-electron chi connectivity index (χ2n) is 1.85. The lowest BCUT2D eigenvalue weighted by molar-refractivity contribution is 1.07. The molecule has 10 heavy (non-hydrogen) atoms. The van der Waals surface area contributed by atoms with Gasteiger partial charge in [0.15, 0.2) is 0 Å². The van der Waals surface area contributed by atoms with Crippen LogP contribution in [0.3, 0.4) is 0 Å². The Bertz CT molecular complexity index is 235. The molecule has 0 spiro atoms. The van der Waals surface area contributed by atoms with Gasteiger partial charge in [-0.2, -0.15) is 0 Å². The SMILES string of the molecule is NCc1ccc(Cl)[c]c1Cl. The second kappa shape index (κ2) is 3.24. The molecule has 0 aliphatic carbocycles. The fourth-order valence-corrected chi connectivity index (χ4v) is 1.08. The summed E-state index contributed by atoms with van der Waals surface area (Å²) >= 11 is 11.3. The molecule has 3 heteroatoms. The maximum Gasteiger partial charge on any atom is 0.0545 e. The van der Waals surface area contributed by atoms with E-state index in [2.05, 4.69) is 6.07 Å². The molecule has 1 nitrogen and oxygen atoms in total. The van der Waals surface area contributed by atoms with Gasteiger partial charge in [0.2, 0.25) is 0 Å². The Balaban J connectivity index is 3.07. The largest absolute Gasteiger partial charge is 0.326 e. The maximum atomic E-state index is 5.71. The first kappa shape index (κ1) is 7.86. The van der Waals surface area contributed by atoms with E-state index in [9.17, 15) is 0 Å². The summed E-state index contributed by atoms with van der Waals surface area (Å²) in [6, 6.07) is 6.25. The number of halogens is 2. The van der Waals surface area contributed by atoms with Crippen LogP contribution in [0.2, 0.25) is 10.0 Å². The fraction of sp³-hybridized carbons (Fsp3) is 0.143. The molecule has 1 aromatic carbocycles.